The minimum Gasteiger partial charge on any atom is -0.495 e. The normalized spacial score (nSPS) is 21.1. The molecule has 2 aromatic rings. The maximum absolute atomic E-state index is 13.0. The van der Waals surface area contributed by atoms with Gasteiger partial charge in [0.1, 0.15) is 11.8 Å². The van der Waals surface area contributed by atoms with Crippen LogP contribution in [0.25, 0.3) is 0 Å². The van der Waals surface area contributed by atoms with E-state index in [0.29, 0.717) is 42.1 Å². The van der Waals surface area contributed by atoms with Crippen LogP contribution >= 0.6 is 0 Å². The van der Waals surface area contributed by atoms with Gasteiger partial charge in [-0.15, -0.1) is 0 Å². The van der Waals surface area contributed by atoms with Crippen LogP contribution in [0.4, 0.5) is 5.69 Å². The molecule has 3 aliphatic heterocycles. The highest BCUT2D eigenvalue weighted by Crippen LogP contribution is 2.30. The van der Waals surface area contributed by atoms with Crippen LogP contribution in [-0.4, -0.2) is 59.7 Å². The molecule has 2 saturated heterocycles. The molecule has 3 heterocycles. The Morgan fingerprint density at radius 1 is 1.17 bits per heavy atom. The molecule has 0 saturated carbocycles. The molecular formula is C27H26N4O5. The summed E-state index contributed by atoms with van der Waals surface area (Å²) in [6.07, 6.45) is 1.28. The van der Waals surface area contributed by atoms with E-state index in [-0.39, 0.29) is 36.6 Å². The monoisotopic (exact) mass is 486 g/mol. The number of anilines is 1. The molecule has 2 aromatic carbocycles. The second-order valence-corrected chi connectivity index (χ2v) is 9.19. The lowest BCUT2D eigenvalue weighted by atomic mass is 10.0. The zero-order chi connectivity index (χ0) is 25.4. The fourth-order valence-corrected chi connectivity index (χ4v) is 4.97. The molecular weight excluding hydrogens is 460 g/mol. The number of carbonyl (C=O) groups is 4. The molecule has 1 unspecified atom stereocenters. The summed E-state index contributed by atoms with van der Waals surface area (Å²) in [5, 5.41) is 2.32. The van der Waals surface area contributed by atoms with Crippen LogP contribution in [0.3, 0.4) is 0 Å². The second-order valence-electron chi connectivity index (χ2n) is 9.19. The summed E-state index contributed by atoms with van der Waals surface area (Å²) in [6, 6.07) is 9.73. The van der Waals surface area contributed by atoms with Crippen molar-refractivity contribution in [1.82, 2.24) is 15.1 Å². The molecule has 0 aromatic heterocycles. The molecule has 5 rings (SSSR count). The van der Waals surface area contributed by atoms with E-state index in [1.54, 1.807) is 35.2 Å². The highest BCUT2D eigenvalue weighted by atomic mass is 16.5. The van der Waals surface area contributed by atoms with Gasteiger partial charge in [0.05, 0.1) is 12.8 Å². The topological polar surface area (TPSA) is 122 Å². The zero-order valence-corrected chi connectivity index (χ0v) is 19.9. The van der Waals surface area contributed by atoms with E-state index in [9.17, 15) is 19.2 Å². The lowest BCUT2D eigenvalue weighted by molar-refractivity contribution is -0.136. The van der Waals surface area contributed by atoms with Gasteiger partial charge in [-0.25, -0.2) is 0 Å². The van der Waals surface area contributed by atoms with Crippen molar-refractivity contribution in [2.24, 2.45) is 5.92 Å². The van der Waals surface area contributed by atoms with Gasteiger partial charge in [0.15, 0.2) is 0 Å². The molecule has 184 valence electrons. The summed E-state index contributed by atoms with van der Waals surface area (Å²) in [5.74, 6) is 5.90. The number of ether oxygens (including phenoxy) is 1. The van der Waals surface area contributed by atoms with Crippen LogP contribution in [0.15, 0.2) is 36.4 Å². The van der Waals surface area contributed by atoms with Gasteiger partial charge in [0.2, 0.25) is 11.8 Å². The number of rotatable bonds is 3. The van der Waals surface area contributed by atoms with Gasteiger partial charge in [-0.2, -0.15) is 0 Å². The molecule has 0 aliphatic carbocycles. The van der Waals surface area contributed by atoms with E-state index in [2.05, 4.69) is 17.2 Å². The first-order valence-electron chi connectivity index (χ1n) is 11.9. The van der Waals surface area contributed by atoms with Gasteiger partial charge >= 0.3 is 0 Å². The lowest BCUT2D eigenvalue weighted by Crippen LogP contribution is -2.52. The fourth-order valence-electron chi connectivity index (χ4n) is 4.97. The van der Waals surface area contributed by atoms with Crippen molar-refractivity contribution >= 4 is 29.3 Å². The number of nitrogen functional groups attached to an aromatic ring is 1. The third kappa shape index (κ3) is 4.26. The van der Waals surface area contributed by atoms with Crippen molar-refractivity contribution in [2.75, 3.05) is 25.9 Å². The number of hydrogen-bond acceptors (Lipinski definition) is 6. The molecule has 2 fully saturated rings. The van der Waals surface area contributed by atoms with Crippen molar-refractivity contribution in [3.8, 4) is 17.6 Å². The number of benzene rings is 2. The first kappa shape index (κ1) is 23.4. The number of nitrogens with two attached hydrogens (primary N) is 1. The highest BCUT2D eigenvalue weighted by Gasteiger charge is 2.39. The fraction of sp³-hybridized carbons (Fsp3) is 0.333. The summed E-state index contributed by atoms with van der Waals surface area (Å²) < 4.78 is 5.23. The molecule has 0 spiro atoms. The summed E-state index contributed by atoms with van der Waals surface area (Å²) in [4.78, 5) is 53.1. The van der Waals surface area contributed by atoms with Gasteiger partial charge in [-0.1, -0.05) is 17.9 Å². The van der Waals surface area contributed by atoms with Crippen molar-refractivity contribution in [1.29, 1.82) is 0 Å². The Kier molecular flexibility index (Phi) is 6.10. The number of piperidine rings is 1. The quantitative estimate of drug-likeness (QED) is 0.386. The van der Waals surface area contributed by atoms with Gasteiger partial charge < -0.3 is 20.3 Å². The molecule has 0 radical (unpaired) electrons. The summed E-state index contributed by atoms with van der Waals surface area (Å²) in [5.41, 5.74) is 8.91. The molecule has 0 bridgehead atoms. The van der Waals surface area contributed by atoms with Gasteiger partial charge in [0, 0.05) is 48.7 Å². The lowest BCUT2D eigenvalue weighted by Gasteiger charge is -2.29. The van der Waals surface area contributed by atoms with E-state index < -0.39 is 11.9 Å². The third-order valence-electron chi connectivity index (χ3n) is 6.95. The van der Waals surface area contributed by atoms with Gasteiger partial charge in [-0.3, -0.25) is 24.5 Å². The van der Waals surface area contributed by atoms with Crippen LogP contribution < -0.4 is 15.8 Å². The molecule has 9 nitrogen and oxygen atoms in total. The van der Waals surface area contributed by atoms with E-state index in [4.69, 9.17) is 10.5 Å². The van der Waals surface area contributed by atoms with E-state index in [1.165, 1.54) is 12.0 Å². The van der Waals surface area contributed by atoms with E-state index in [0.717, 1.165) is 17.5 Å². The Hall–Kier alpha value is -4.32. The number of imide groups is 1. The highest BCUT2D eigenvalue weighted by molar-refractivity contribution is 6.05. The number of likely N-dealkylation sites (tertiary alicyclic amines) is 1. The third-order valence-corrected chi connectivity index (χ3v) is 6.95. The smallest absolute Gasteiger partial charge is 0.255 e. The maximum Gasteiger partial charge on any atom is 0.255 e. The Labute approximate surface area is 208 Å². The predicted molar refractivity (Wildman–Crippen MR) is 131 cm³/mol. The van der Waals surface area contributed by atoms with Crippen molar-refractivity contribution in [3.63, 3.8) is 0 Å². The zero-order valence-electron chi connectivity index (χ0n) is 19.9. The Balaban J connectivity index is 1.29. The van der Waals surface area contributed by atoms with E-state index >= 15 is 0 Å². The molecule has 2 atom stereocenters. The molecule has 3 aliphatic rings. The number of fused-ring (bicyclic) bond motifs is 1. The SMILES string of the molecule is COc1cc(C(=O)N2CC[C@@H](C#Cc3cccc4c3CN(C3CCC(=O)NC3=O)C4=O)C2)ccc1N. The first-order chi connectivity index (χ1) is 17.4. The number of nitrogens with zero attached hydrogens (tertiary/aromatic N) is 2. The summed E-state index contributed by atoms with van der Waals surface area (Å²) in [6.45, 7) is 1.38. The number of methoxy groups -OCH3 is 1. The first-order valence-corrected chi connectivity index (χ1v) is 11.9. The molecule has 3 N–H and O–H groups in total. The molecule has 4 amide bonds. The van der Waals surface area contributed by atoms with Crippen LogP contribution in [0.2, 0.25) is 0 Å². The predicted octanol–water partition coefficient (Wildman–Crippen LogP) is 1.55. The average Bonchev–Trinajstić information content (AvgIpc) is 3.48. The van der Waals surface area contributed by atoms with Gasteiger partial charge in [0.25, 0.3) is 11.8 Å². The summed E-state index contributed by atoms with van der Waals surface area (Å²) in [7, 11) is 1.51. The molecule has 9 heteroatoms. The minimum atomic E-state index is -0.662. The maximum atomic E-state index is 13.0. The molecule has 36 heavy (non-hydrogen) atoms. The van der Waals surface area contributed by atoms with Crippen molar-refractivity contribution in [2.45, 2.75) is 31.8 Å². The van der Waals surface area contributed by atoms with E-state index in [1.807, 2.05) is 6.07 Å². The van der Waals surface area contributed by atoms with Crippen LogP contribution in [0.5, 0.6) is 5.75 Å². The largest absolute Gasteiger partial charge is 0.495 e. The Morgan fingerprint density at radius 2 is 2.00 bits per heavy atom. The summed E-state index contributed by atoms with van der Waals surface area (Å²) >= 11 is 0. The Morgan fingerprint density at radius 3 is 2.78 bits per heavy atom. The minimum absolute atomic E-state index is 0.00354. The van der Waals surface area contributed by atoms with Gasteiger partial charge in [-0.05, 0) is 48.7 Å². The number of nitrogens with one attached hydrogen (secondary N) is 1. The second kappa shape index (κ2) is 9.38. The van der Waals surface area contributed by atoms with Crippen LogP contribution in [0.1, 0.15) is 51.1 Å². The number of amides is 4. The number of hydrogen-bond donors (Lipinski definition) is 2. The van der Waals surface area contributed by atoms with Crippen molar-refractivity contribution < 1.29 is 23.9 Å². The number of carbonyl (C=O) groups excluding carboxylic acids is 4. The standard InChI is InChI=1S/C27H26N4O5/c1-36-23-13-18(7-8-21(23)28)26(34)30-12-11-16(14-30)5-6-17-3-2-4-19-20(17)15-31(27(19)35)22-9-10-24(32)29-25(22)33/h2-4,7-8,13,16,22H,9-12,14-15,28H2,1H3,(H,29,32,33)/t16-,22?/m1/s1. The van der Waals surface area contributed by atoms with Crippen LogP contribution in [0, 0.1) is 17.8 Å². The van der Waals surface area contributed by atoms with Crippen LogP contribution in [-0.2, 0) is 16.1 Å². The average molecular weight is 487 g/mol. The van der Waals surface area contributed by atoms with Crippen molar-refractivity contribution in [3.05, 3.63) is 58.7 Å². The Bertz CT molecular complexity index is 1340.